The lowest BCUT2D eigenvalue weighted by Crippen LogP contribution is -2.04. The number of amides is 1. The lowest BCUT2D eigenvalue weighted by Gasteiger charge is -2.05. The van der Waals surface area contributed by atoms with Gasteiger partial charge in [0.05, 0.1) is 15.3 Å². The van der Waals surface area contributed by atoms with E-state index in [1.54, 1.807) is 42.6 Å². The average Bonchev–Trinajstić information content (AvgIpc) is 2.66. The summed E-state index contributed by atoms with van der Waals surface area (Å²) in [7, 11) is -2.86. The molecular weight excluding hydrogens is 392 g/mol. The van der Waals surface area contributed by atoms with Crippen LogP contribution in [0.25, 0.3) is 0 Å². The molecule has 0 N–H and O–H groups in total. The van der Waals surface area contributed by atoms with Crippen molar-refractivity contribution in [2.45, 2.75) is 11.8 Å². The molecule has 3 aromatic rings. The highest BCUT2D eigenvalue weighted by Crippen LogP contribution is 2.15. The van der Waals surface area contributed by atoms with Crippen LogP contribution in [0.4, 0.5) is 0 Å². The number of aromatic nitrogens is 1. The van der Waals surface area contributed by atoms with Crippen molar-refractivity contribution in [3.05, 3.63) is 94.3 Å². The van der Waals surface area contributed by atoms with Gasteiger partial charge in [-0.1, -0.05) is 41.6 Å². The first-order valence-corrected chi connectivity index (χ1v) is 10.7. The molecule has 6 heteroatoms. The molecule has 28 heavy (non-hydrogen) atoms. The number of carbonyl (C=O) groups excluding carboxylic acids is 1. The van der Waals surface area contributed by atoms with Gasteiger partial charge in [-0.25, -0.2) is 4.21 Å². The lowest BCUT2D eigenvalue weighted by molar-refractivity contribution is 0.100. The van der Waals surface area contributed by atoms with Gasteiger partial charge in [-0.15, -0.1) is 0 Å². The van der Waals surface area contributed by atoms with Gasteiger partial charge in [0.2, 0.25) is 0 Å². The lowest BCUT2D eigenvalue weighted by atomic mass is 10.1. The van der Waals surface area contributed by atoms with Gasteiger partial charge in [-0.05, 0) is 48.9 Å². The number of nitrogens with zero attached hydrogens (tertiary/aromatic N) is 2. The molecule has 0 aliphatic rings. The molecule has 2 aromatic carbocycles. The van der Waals surface area contributed by atoms with Crippen LogP contribution in [0.2, 0.25) is 5.02 Å². The number of hydrogen-bond donors (Lipinski definition) is 0. The molecule has 1 aromatic heterocycles. The summed E-state index contributed by atoms with van der Waals surface area (Å²) in [6.45, 7) is 1.90. The maximum atomic E-state index is 12.9. The highest BCUT2D eigenvalue weighted by Gasteiger charge is 2.12. The zero-order valence-corrected chi connectivity index (χ0v) is 16.9. The maximum absolute atomic E-state index is 12.9. The largest absolute Gasteiger partial charge is 0.286 e. The molecule has 0 spiro atoms. The Kier molecular flexibility index (Phi) is 5.93. The predicted octanol–water partition coefficient (Wildman–Crippen LogP) is 4.74. The van der Waals surface area contributed by atoms with Crippen molar-refractivity contribution in [3.8, 4) is 11.8 Å². The summed E-state index contributed by atoms with van der Waals surface area (Å²) in [5.74, 6) is 5.33. The molecule has 0 fully saturated rings. The number of benzene rings is 2. The standard InChI is InChI=1S/C22H17ClN2O2S/c1-16-5-3-8-21(11-16)28(2,27)25-22(26)19-12-18(14-24-15-19)10-9-17-6-4-7-20(23)13-17/h3-8,11-15H,1-2H3. The Labute approximate surface area is 169 Å². The normalized spacial score (nSPS) is 12.4. The van der Waals surface area contributed by atoms with E-state index in [0.29, 0.717) is 15.5 Å². The number of aryl methyl sites for hydroxylation is 1. The Balaban J connectivity index is 1.90. The van der Waals surface area contributed by atoms with Crippen LogP contribution in [-0.2, 0) is 9.73 Å². The Morgan fingerprint density at radius 3 is 2.54 bits per heavy atom. The van der Waals surface area contributed by atoms with Crippen LogP contribution in [0.1, 0.15) is 27.0 Å². The summed E-state index contributed by atoms with van der Waals surface area (Å²) in [5, 5.41) is 0.599. The van der Waals surface area contributed by atoms with E-state index >= 15 is 0 Å². The van der Waals surface area contributed by atoms with Crippen molar-refractivity contribution in [3.63, 3.8) is 0 Å². The smallest absolute Gasteiger partial charge is 0.266 e. The van der Waals surface area contributed by atoms with Crippen molar-refractivity contribution in [2.24, 2.45) is 4.36 Å². The molecule has 140 valence electrons. The van der Waals surface area contributed by atoms with Gasteiger partial charge in [0.1, 0.15) is 0 Å². The molecule has 1 heterocycles. The van der Waals surface area contributed by atoms with Crippen molar-refractivity contribution >= 4 is 27.2 Å². The van der Waals surface area contributed by atoms with Crippen LogP contribution in [-0.4, -0.2) is 21.4 Å². The third kappa shape index (κ3) is 5.07. The molecule has 1 amide bonds. The van der Waals surface area contributed by atoms with Gasteiger partial charge in [-0.2, -0.15) is 4.36 Å². The fraction of sp³-hybridized carbons (Fsp3) is 0.0909. The molecule has 0 aliphatic carbocycles. The van der Waals surface area contributed by atoms with E-state index in [4.69, 9.17) is 11.6 Å². The Morgan fingerprint density at radius 1 is 1.04 bits per heavy atom. The topological polar surface area (TPSA) is 59.4 Å². The fourth-order valence-electron chi connectivity index (χ4n) is 2.45. The fourth-order valence-corrected chi connectivity index (χ4v) is 3.90. The zero-order valence-electron chi connectivity index (χ0n) is 15.3. The summed E-state index contributed by atoms with van der Waals surface area (Å²) in [6, 6.07) is 15.9. The minimum atomic E-state index is -2.86. The number of rotatable bonds is 2. The van der Waals surface area contributed by atoms with Crippen LogP contribution < -0.4 is 0 Å². The predicted molar refractivity (Wildman–Crippen MR) is 112 cm³/mol. The minimum Gasteiger partial charge on any atom is -0.266 e. The molecule has 0 radical (unpaired) electrons. The minimum absolute atomic E-state index is 0.236. The number of hydrogen-bond acceptors (Lipinski definition) is 3. The number of halogens is 1. The zero-order chi connectivity index (χ0) is 20.1. The summed E-state index contributed by atoms with van der Waals surface area (Å²) in [5.41, 5.74) is 2.50. The third-order valence-electron chi connectivity index (χ3n) is 3.84. The molecule has 1 unspecified atom stereocenters. The first-order valence-electron chi connectivity index (χ1n) is 8.39. The van der Waals surface area contributed by atoms with Crippen molar-refractivity contribution in [1.29, 1.82) is 0 Å². The van der Waals surface area contributed by atoms with Gasteiger partial charge < -0.3 is 0 Å². The summed E-state index contributed by atoms with van der Waals surface area (Å²) in [6.07, 6.45) is 4.40. The molecule has 3 rings (SSSR count). The van der Waals surface area contributed by atoms with E-state index in [0.717, 1.165) is 11.1 Å². The van der Waals surface area contributed by atoms with Gasteiger partial charge >= 0.3 is 0 Å². The Hall–Kier alpha value is -2.94. The van der Waals surface area contributed by atoms with E-state index in [-0.39, 0.29) is 5.56 Å². The average molecular weight is 409 g/mol. The second-order valence-electron chi connectivity index (χ2n) is 6.24. The molecule has 0 saturated carbocycles. The van der Waals surface area contributed by atoms with Crippen molar-refractivity contribution < 1.29 is 9.00 Å². The maximum Gasteiger partial charge on any atom is 0.286 e. The quantitative estimate of drug-likeness (QED) is 0.575. The first-order chi connectivity index (χ1) is 13.3. The Morgan fingerprint density at radius 2 is 1.79 bits per heavy atom. The monoisotopic (exact) mass is 408 g/mol. The SMILES string of the molecule is Cc1cccc(S(C)(=O)=NC(=O)c2cncc(C#Cc3cccc(Cl)c3)c2)c1. The van der Waals surface area contributed by atoms with Gasteiger partial charge in [0.25, 0.3) is 5.91 Å². The molecule has 1 atom stereocenters. The van der Waals surface area contributed by atoms with Crippen LogP contribution in [0.15, 0.2) is 76.2 Å². The molecule has 0 saturated heterocycles. The molecule has 0 bridgehead atoms. The van der Waals surface area contributed by atoms with Crippen molar-refractivity contribution in [1.82, 2.24) is 4.98 Å². The summed E-state index contributed by atoms with van der Waals surface area (Å²) < 4.78 is 16.8. The highest BCUT2D eigenvalue weighted by molar-refractivity contribution is 7.93. The van der Waals surface area contributed by atoms with E-state index in [2.05, 4.69) is 21.2 Å². The van der Waals surface area contributed by atoms with E-state index < -0.39 is 15.6 Å². The molecule has 4 nitrogen and oxygen atoms in total. The first kappa shape index (κ1) is 19.8. The van der Waals surface area contributed by atoms with E-state index in [1.807, 2.05) is 25.1 Å². The Bertz CT molecular complexity index is 1230. The summed E-state index contributed by atoms with van der Waals surface area (Å²) in [4.78, 5) is 17.1. The molecular formula is C22H17ClN2O2S. The summed E-state index contributed by atoms with van der Waals surface area (Å²) >= 11 is 5.95. The van der Waals surface area contributed by atoms with Crippen LogP contribution in [0, 0.1) is 18.8 Å². The van der Waals surface area contributed by atoms with Gasteiger partial charge in [0.15, 0.2) is 0 Å². The van der Waals surface area contributed by atoms with E-state index in [9.17, 15) is 9.00 Å². The second-order valence-corrected chi connectivity index (χ2v) is 8.93. The number of pyridine rings is 1. The van der Waals surface area contributed by atoms with Gasteiger partial charge in [0, 0.05) is 39.7 Å². The number of carbonyl (C=O) groups is 1. The van der Waals surface area contributed by atoms with E-state index in [1.165, 1.54) is 12.5 Å². The van der Waals surface area contributed by atoms with Gasteiger partial charge in [-0.3, -0.25) is 9.78 Å². The highest BCUT2D eigenvalue weighted by atomic mass is 35.5. The molecule has 0 aliphatic heterocycles. The third-order valence-corrected chi connectivity index (χ3v) is 5.72. The van der Waals surface area contributed by atoms with Crippen LogP contribution in [0.3, 0.4) is 0 Å². The second kappa shape index (κ2) is 8.39. The van der Waals surface area contributed by atoms with Crippen LogP contribution >= 0.6 is 11.6 Å². The van der Waals surface area contributed by atoms with Crippen molar-refractivity contribution in [2.75, 3.05) is 6.26 Å². The van der Waals surface area contributed by atoms with Crippen LogP contribution in [0.5, 0.6) is 0 Å².